The number of amides is 1. The van der Waals surface area contributed by atoms with Gasteiger partial charge >= 0.3 is 0 Å². The van der Waals surface area contributed by atoms with Gasteiger partial charge < -0.3 is 9.74 Å². The topological polar surface area (TPSA) is 48.4 Å². The van der Waals surface area contributed by atoms with Crippen molar-refractivity contribution in [2.75, 3.05) is 19.0 Å². The number of fused-ring (bicyclic) bond motifs is 2. The fraction of sp³-hybridized carbons (Fsp3) is 0.300. The summed E-state index contributed by atoms with van der Waals surface area (Å²) in [5.41, 5.74) is 5.88. The van der Waals surface area contributed by atoms with Gasteiger partial charge in [0.25, 0.3) is 12.3 Å². The molecule has 0 radical (unpaired) electrons. The summed E-state index contributed by atoms with van der Waals surface area (Å²) in [6, 6.07) is 11.8. The van der Waals surface area contributed by atoms with Gasteiger partial charge in [-0.1, -0.05) is 35.0 Å². The number of para-hydroxylation sites is 1. The number of rotatable bonds is 1. The van der Waals surface area contributed by atoms with Crippen molar-refractivity contribution in [2.24, 2.45) is 5.16 Å². The second-order valence-electron chi connectivity index (χ2n) is 6.92. The number of aryl methyl sites for hydroxylation is 3. The van der Waals surface area contributed by atoms with Gasteiger partial charge in [0.2, 0.25) is 0 Å². The smallest absolute Gasteiger partial charge is 0.297 e. The molecule has 0 bridgehead atoms. The van der Waals surface area contributed by atoms with Crippen LogP contribution in [0.5, 0.6) is 0 Å². The fourth-order valence-electron chi connectivity index (χ4n) is 3.86. The maximum Gasteiger partial charge on any atom is 0.297 e. The second kappa shape index (κ2) is 5.76. The molecule has 2 aliphatic heterocycles. The Labute approximate surface area is 153 Å². The Kier molecular flexibility index (Phi) is 3.64. The van der Waals surface area contributed by atoms with Crippen LogP contribution in [0.1, 0.15) is 32.6 Å². The summed E-state index contributed by atoms with van der Waals surface area (Å²) in [7, 11) is 3.67. The van der Waals surface area contributed by atoms with Gasteiger partial charge in [-0.15, -0.1) is 0 Å². The lowest BCUT2D eigenvalue weighted by molar-refractivity contribution is -0.0595. The van der Waals surface area contributed by atoms with E-state index in [0.29, 0.717) is 11.4 Å². The van der Waals surface area contributed by atoms with Crippen LogP contribution in [0, 0.1) is 20.8 Å². The number of amidine groups is 1. The molecule has 1 unspecified atom stereocenters. The summed E-state index contributed by atoms with van der Waals surface area (Å²) < 4.78 is 0. The van der Waals surface area contributed by atoms with Gasteiger partial charge in [-0.2, -0.15) is 0 Å². The number of nitrogens with zero attached hydrogens (tertiary/aromatic N) is 4. The molecule has 26 heavy (non-hydrogen) atoms. The quantitative estimate of drug-likeness (QED) is 0.793. The normalized spacial score (nSPS) is 19.0. The highest BCUT2D eigenvalue weighted by Gasteiger charge is 2.43. The first-order valence-corrected chi connectivity index (χ1v) is 8.61. The van der Waals surface area contributed by atoms with Crippen molar-refractivity contribution in [3.8, 4) is 0 Å². The number of carbonyl (C=O) groups is 1. The zero-order valence-corrected chi connectivity index (χ0v) is 15.6. The van der Waals surface area contributed by atoms with Crippen LogP contribution in [-0.2, 0) is 4.84 Å². The van der Waals surface area contributed by atoms with Crippen LogP contribution in [0.4, 0.5) is 5.69 Å². The van der Waals surface area contributed by atoms with E-state index in [4.69, 9.17) is 4.84 Å². The molecule has 0 aromatic heterocycles. The molecular formula is C20H22N4O2. The molecule has 4 rings (SSSR count). The molecule has 6 heteroatoms. The molecule has 0 N–H and O–H groups in total. The Hall–Kier alpha value is -3.02. The van der Waals surface area contributed by atoms with Gasteiger partial charge in [0.15, 0.2) is 5.84 Å². The largest absolute Gasteiger partial charge is 0.343 e. The minimum atomic E-state index is -0.511. The maximum absolute atomic E-state index is 13.1. The van der Waals surface area contributed by atoms with Crippen LogP contribution in [0.2, 0.25) is 0 Å². The molecule has 2 aliphatic rings. The molecule has 0 aliphatic carbocycles. The zero-order valence-electron chi connectivity index (χ0n) is 15.6. The van der Waals surface area contributed by atoms with E-state index in [1.165, 1.54) is 5.56 Å². The van der Waals surface area contributed by atoms with E-state index in [1.54, 1.807) is 12.1 Å². The third-order valence-corrected chi connectivity index (χ3v) is 5.02. The minimum Gasteiger partial charge on any atom is -0.343 e. The SMILES string of the molecule is Cc1cc(C)c(C2=NOC3N(C)c4ccccc4C(=O)N(C)N23)c(C)c1. The molecule has 0 fully saturated rings. The van der Waals surface area contributed by atoms with Gasteiger partial charge in [0, 0.05) is 19.7 Å². The number of anilines is 1. The maximum atomic E-state index is 13.1. The van der Waals surface area contributed by atoms with Crippen LogP contribution in [0.3, 0.4) is 0 Å². The Balaban J connectivity index is 1.84. The average Bonchev–Trinajstić information content (AvgIpc) is 3.00. The molecule has 1 atom stereocenters. The summed E-state index contributed by atoms with van der Waals surface area (Å²) >= 11 is 0. The highest BCUT2D eigenvalue weighted by molar-refractivity contribution is 6.06. The van der Waals surface area contributed by atoms with Crippen LogP contribution >= 0.6 is 0 Å². The third kappa shape index (κ3) is 2.25. The van der Waals surface area contributed by atoms with Crippen LogP contribution in [-0.4, -0.2) is 42.2 Å². The molecule has 2 aromatic carbocycles. The fourth-order valence-corrected chi connectivity index (χ4v) is 3.86. The average molecular weight is 350 g/mol. The number of oxime groups is 1. The first-order valence-electron chi connectivity index (χ1n) is 8.61. The van der Waals surface area contributed by atoms with E-state index in [1.807, 2.05) is 41.2 Å². The zero-order chi connectivity index (χ0) is 18.6. The molecule has 2 heterocycles. The van der Waals surface area contributed by atoms with Gasteiger partial charge in [0.1, 0.15) is 0 Å². The van der Waals surface area contributed by atoms with Crippen molar-refractivity contribution in [1.29, 1.82) is 0 Å². The highest BCUT2D eigenvalue weighted by Crippen LogP contribution is 2.34. The van der Waals surface area contributed by atoms with Gasteiger partial charge in [0.05, 0.1) is 11.3 Å². The molecule has 134 valence electrons. The number of hydrogen-bond acceptors (Lipinski definition) is 5. The Morgan fingerprint density at radius 2 is 1.69 bits per heavy atom. The lowest BCUT2D eigenvalue weighted by atomic mass is 9.99. The van der Waals surface area contributed by atoms with E-state index < -0.39 is 6.35 Å². The van der Waals surface area contributed by atoms with Crippen LogP contribution in [0.15, 0.2) is 41.6 Å². The Morgan fingerprint density at radius 3 is 2.38 bits per heavy atom. The summed E-state index contributed by atoms with van der Waals surface area (Å²) in [6.07, 6.45) is -0.511. The number of carbonyl (C=O) groups excluding carboxylic acids is 1. The summed E-state index contributed by atoms with van der Waals surface area (Å²) in [4.78, 5) is 20.8. The Bertz CT molecular complexity index is 914. The van der Waals surface area contributed by atoms with Crippen molar-refractivity contribution >= 4 is 17.4 Å². The highest BCUT2D eigenvalue weighted by atomic mass is 16.7. The standard InChI is InChI=1S/C20H22N4O2/c1-12-10-13(2)17(14(3)11-12)18-21-26-20-22(4)16-9-7-6-8-15(16)19(25)23(5)24(18)20/h6-11,20H,1-5H3. The predicted octanol–water partition coefficient (Wildman–Crippen LogP) is 3.03. The summed E-state index contributed by atoms with van der Waals surface area (Å²) in [5, 5.41) is 7.78. The molecule has 0 saturated heterocycles. The number of hydrazine groups is 1. The minimum absolute atomic E-state index is 0.0874. The van der Waals surface area contributed by atoms with Crippen molar-refractivity contribution in [1.82, 2.24) is 10.0 Å². The predicted molar refractivity (Wildman–Crippen MR) is 101 cm³/mol. The molecule has 6 nitrogen and oxygen atoms in total. The van der Waals surface area contributed by atoms with Crippen molar-refractivity contribution in [3.63, 3.8) is 0 Å². The monoisotopic (exact) mass is 350 g/mol. The molecule has 0 spiro atoms. The Morgan fingerprint density at radius 1 is 1.04 bits per heavy atom. The van der Waals surface area contributed by atoms with Gasteiger partial charge in [-0.25, -0.2) is 10.0 Å². The second-order valence-corrected chi connectivity index (χ2v) is 6.92. The molecule has 1 amide bonds. The third-order valence-electron chi connectivity index (χ3n) is 5.02. The summed E-state index contributed by atoms with van der Waals surface area (Å²) in [6.45, 7) is 6.19. The van der Waals surface area contributed by atoms with E-state index in [9.17, 15) is 4.79 Å². The van der Waals surface area contributed by atoms with Crippen molar-refractivity contribution < 1.29 is 9.63 Å². The lowest BCUT2D eigenvalue weighted by Crippen LogP contribution is -2.54. The van der Waals surface area contributed by atoms with Crippen molar-refractivity contribution in [3.05, 3.63) is 64.2 Å². The molecule has 0 saturated carbocycles. The van der Waals surface area contributed by atoms with Gasteiger partial charge in [-0.3, -0.25) is 4.79 Å². The van der Waals surface area contributed by atoms with Crippen LogP contribution in [0.25, 0.3) is 0 Å². The summed E-state index contributed by atoms with van der Waals surface area (Å²) in [5.74, 6) is 0.566. The lowest BCUT2D eigenvalue weighted by Gasteiger charge is -2.34. The van der Waals surface area contributed by atoms with Crippen LogP contribution < -0.4 is 4.90 Å². The number of benzene rings is 2. The van der Waals surface area contributed by atoms with E-state index in [0.717, 1.165) is 22.4 Å². The van der Waals surface area contributed by atoms with Gasteiger partial charge in [-0.05, 0) is 44.0 Å². The van der Waals surface area contributed by atoms with E-state index >= 15 is 0 Å². The number of hydrogen-bond donors (Lipinski definition) is 0. The van der Waals surface area contributed by atoms with E-state index in [2.05, 4.69) is 38.1 Å². The molecule has 2 aromatic rings. The first-order chi connectivity index (χ1) is 12.4. The van der Waals surface area contributed by atoms with Crippen molar-refractivity contribution in [2.45, 2.75) is 27.1 Å². The molecular weight excluding hydrogens is 328 g/mol. The first kappa shape index (κ1) is 16.4. The van der Waals surface area contributed by atoms with E-state index in [-0.39, 0.29) is 5.91 Å².